The van der Waals surface area contributed by atoms with Crippen LogP contribution in [0.25, 0.3) is 11.0 Å². The Labute approximate surface area is 148 Å². The van der Waals surface area contributed by atoms with Crippen molar-refractivity contribution in [1.82, 2.24) is 15.0 Å². The number of benzene rings is 2. The van der Waals surface area contributed by atoms with Gasteiger partial charge in [0.15, 0.2) is 0 Å². The van der Waals surface area contributed by atoms with Crippen LogP contribution in [0.15, 0.2) is 67.1 Å². The number of hydrogen-bond donors (Lipinski definition) is 3. The topological polar surface area (TPSA) is 82.7 Å². The highest BCUT2D eigenvalue weighted by molar-refractivity contribution is 6.04. The van der Waals surface area contributed by atoms with Crippen molar-refractivity contribution >= 4 is 34.1 Å². The minimum atomic E-state index is -0.446. The Kier molecular flexibility index (Phi) is 4.03. The number of nitrogens with one attached hydrogen (secondary N) is 3. The zero-order valence-electron chi connectivity index (χ0n) is 13.5. The third kappa shape index (κ3) is 3.23. The minimum absolute atomic E-state index is 0.267. The Morgan fingerprint density at radius 3 is 2.62 bits per heavy atom. The molecule has 0 atom stereocenters. The van der Waals surface area contributed by atoms with Crippen molar-refractivity contribution in [3.63, 3.8) is 0 Å². The van der Waals surface area contributed by atoms with E-state index in [1.54, 1.807) is 24.4 Å². The fourth-order valence-corrected chi connectivity index (χ4v) is 2.58. The number of amides is 1. The first-order valence-corrected chi connectivity index (χ1v) is 7.91. The Bertz CT molecular complexity index is 1070. The Morgan fingerprint density at radius 1 is 1.00 bits per heavy atom. The molecule has 0 radical (unpaired) electrons. The van der Waals surface area contributed by atoms with E-state index in [4.69, 9.17) is 0 Å². The molecule has 0 saturated carbocycles. The molecule has 3 N–H and O–H groups in total. The lowest BCUT2D eigenvalue weighted by molar-refractivity contribution is 0.102. The van der Waals surface area contributed by atoms with Gasteiger partial charge in [0, 0.05) is 23.1 Å². The zero-order valence-corrected chi connectivity index (χ0v) is 13.5. The molecule has 26 heavy (non-hydrogen) atoms. The van der Waals surface area contributed by atoms with Crippen molar-refractivity contribution in [3.05, 3.63) is 78.5 Å². The average Bonchev–Trinajstić information content (AvgIpc) is 3.13. The molecule has 2 heterocycles. The van der Waals surface area contributed by atoms with Gasteiger partial charge in [-0.05, 0) is 48.5 Å². The third-order valence-corrected chi connectivity index (χ3v) is 3.85. The van der Waals surface area contributed by atoms with Gasteiger partial charge in [0.2, 0.25) is 0 Å². The van der Waals surface area contributed by atoms with Crippen molar-refractivity contribution in [2.24, 2.45) is 0 Å². The second-order valence-electron chi connectivity index (χ2n) is 5.63. The maximum Gasteiger partial charge on any atom is 0.255 e. The zero-order chi connectivity index (χ0) is 17.9. The number of carbonyl (C=O) groups excluding carboxylic acids is 1. The molecule has 0 aliphatic heterocycles. The quantitative estimate of drug-likeness (QED) is 0.519. The number of H-pyrrole nitrogens is 1. The van der Waals surface area contributed by atoms with E-state index in [9.17, 15) is 9.18 Å². The second-order valence-corrected chi connectivity index (χ2v) is 5.63. The summed E-state index contributed by atoms with van der Waals surface area (Å²) >= 11 is 0. The van der Waals surface area contributed by atoms with Gasteiger partial charge in [-0.2, -0.15) is 0 Å². The first-order chi connectivity index (χ1) is 12.7. The molecule has 2 aromatic carbocycles. The van der Waals surface area contributed by atoms with Crippen LogP contribution >= 0.6 is 0 Å². The van der Waals surface area contributed by atoms with Crippen LogP contribution in [-0.4, -0.2) is 20.9 Å². The molecule has 0 spiro atoms. The smallest absolute Gasteiger partial charge is 0.255 e. The minimum Gasteiger partial charge on any atom is -0.346 e. The fourth-order valence-electron chi connectivity index (χ4n) is 2.58. The monoisotopic (exact) mass is 347 g/mol. The average molecular weight is 347 g/mol. The van der Waals surface area contributed by atoms with E-state index in [0.29, 0.717) is 11.5 Å². The lowest BCUT2D eigenvalue weighted by atomic mass is 10.2. The number of fused-ring (bicyclic) bond motifs is 1. The number of hydrogen-bond acceptors (Lipinski definition) is 4. The fraction of sp³-hybridized carbons (Fsp3) is 0. The van der Waals surface area contributed by atoms with E-state index in [1.807, 2.05) is 18.2 Å². The van der Waals surface area contributed by atoms with Crippen molar-refractivity contribution in [2.45, 2.75) is 0 Å². The van der Waals surface area contributed by atoms with Crippen LogP contribution in [0.2, 0.25) is 0 Å². The standard InChI is InChI=1S/C19H14FN5O/c20-13-3-1-2-12(10-13)19(26)25-15-6-4-14(5-7-15)24-18-16-8-9-21-17(16)22-11-23-18/h1-11H,(H,25,26)(H2,21,22,23,24). The summed E-state index contributed by atoms with van der Waals surface area (Å²) in [5.74, 6) is -0.124. The van der Waals surface area contributed by atoms with Gasteiger partial charge >= 0.3 is 0 Å². The maximum atomic E-state index is 13.2. The Balaban J connectivity index is 1.48. The number of anilines is 3. The van der Waals surface area contributed by atoms with Crippen LogP contribution in [0, 0.1) is 5.82 Å². The Hall–Kier alpha value is -3.74. The van der Waals surface area contributed by atoms with Crippen LogP contribution in [0.3, 0.4) is 0 Å². The molecule has 4 aromatic rings. The predicted molar refractivity (Wildman–Crippen MR) is 98.0 cm³/mol. The molecule has 4 rings (SSSR count). The lowest BCUT2D eigenvalue weighted by Crippen LogP contribution is -2.11. The van der Waals surface area contributed by atoms with E-state index in [0.717, 1.165) is 16.7 Å². The van der Waals surface area contributed by atoms with Crippen LogP contribution in [0.4, 0.5) is 21.6 Å². The number of nitrogens with zero attached hydrogens (tertiary/aromatic N) is 2. The van der Waals surface area contributed by atoms with Crippen molar-refractivity contribution in [3.8, 4) is 0 Å². The maximum absolute atomic E-state index is 13.2. The molecule has 0 aliphatic rings. The van der Waals surface area contributed by atoms with E-state index in [1.165, 1.54) is 24.5 Å². The Morgan fingerprint density at radius 2 is 1.81 bits per heavy atom. The summed E-state index contributed by atoms with van der Waals surface area (Å²) in [5.41, 5.74) is 2.44. The molecule has 0 saturated heterocycles. The second kappa shape index (κ2) is 6.64. The molecule has 2 aromatic heterocycles. The normalized spacial score (nSPS) is 10.7. The number of aromatic nitrogens is 3. The van der Waals surface area contributed by atoms with Gasteiger partial charge in [-0.25, -0.2) is 14.4 Å². The summed E-state index contributed by atoms with van der Waals surface area (Å²) in [5, 5.41) is 6.84. The summed E-state index contributed by atoms with van der Waals surface area (Å²) in [4.78, 5) is 23.6. The highest BCUT2D eigenvalue weighted by atomic mass is 19.1. The molecule has 7 heteroatoms. The molecule has 0 unspecified atom stereocenters. The van der Waals surface area contributed by atoms with Gasteiger partial charge in [0.1, 0.15) is 23.6 Å². The summed E-state index contributed by atoms with van der Waals surface area (Å²) in [7, 11) is 0. The van der Waals surface area contributed by atoms with Crippen LogP contribution in [0.1, 0.15) is 10.4 Å². The molecule has 6 nitrogen and oxygen atoms in total. The molecule has 128 valence electrons. The van der Waals surface area contributed by atoms with Gasteiger partial charge in [-0.1, -0.05) is 6.07 Å². The van der Waals surface area contributed by atoms with E-state index >= 15 is 0 Å². The summed E-state index contributed by atoms with van der Waals surface area (Å²) in [6.07, 6.45) is 3.28. The summed E-state index contributed by atoms with van der Waals surface area (Å²) < 4.78 is 13.2. The molecule has 1 amide bonds. The van der Waals surface area contributed by atoms with Gasteiger partial charge in [-0.15, -0.1) is 0 Å². The van der Waals surface area contributed by atoms with E-state index in [-0.39, 0.29) is 11.5 Å². The molecular formula is C19H14FN5O. The molecule has 0 fully saturated rings. The van der Waals surface area contributed by atoms with Crippen molar-refractivity contribution in [1.29, 1.82) is 0 Å². The van der Waals surface area contributed by atoms with Gasteiger partial charge in [0.25, 0.3) is 5.91 Å². The first kappa shape index (κ1) is 15.8. The number of halogens is 1. The van der Waals surface area contributed by atoms with Crippen molar-refractivity contribution in [2.75, 3.05) is 10.6 Å². The first-order valence-electron chi connectivity index (χ1n) is 7.91. The van der Waals surface area contributed by atoms with Crippen LogP contribution in [0.5, 0.6) is 0 Å². The number of aromatic amines is 1. The van der Waals surface area contributed by atoms with Crippen LogP contribution in [-0.2, 0) is 0 Å². The summed E-state index contributed by atoms with van der Waals surface area (Å²) in [6, 6.07) is 14.6. The highest BCUT2D eigenvalue weighted by Gasteiger charge is 2.08. The number of carbonyl (C=O) groups is 1. The summed E-state index contributed by atoms with van der Waals surface area (Å²) in [6.45, 7) is 0. The third-order valence-electron chi connectivity index (χ3n) is 3.85. The van der Waals surface area contributed by atoms with Gasteiger partial charge < -0.3 is 15.6 Å². The van der Waals surface area contributed by atoms with Gasteiger partial charge in [0.05, 0.1) is 5.39 Å². The largest absolute Gasteiger partial charge is 0.346 e. The van der Waals surface area contributed by atoms with Gasteiger partial charge in [-0.3, -0.25) is 4.79 Å². The van der Waals surface area contributed by atoms with Crippen LogP contribution < -0.4 is 10.6 Å². The highest BCUT2D eigenvalue weighted by Crippen LogP contribution is 2.23. The SMILES string of the molecule is O=C(Nc1ccc(Nc2ncnc3[nH]ccc23)cc1)c1cccc(F)c1. The lowest BCUT2D eigenvalue weighted by Gasteiger charge is -2.09. The van der Waals surface area contributed by atoms with Crippen molar-refractivity contribution < 1.29 is 9.18 Å². The van der Waals surface area contributed by atoms with E-state index in [2.05, 4.69) is 25.6 Å². The number of rotatable bonds is 4. The molecule has 0 bridgehead atoms. The molecule has 0 aliphatic carbocycles. The molecular weight excluding hydrogens is 333 g/mol. The predicted octanol–water partition coefficient (Wildman–Crippen LogP) is 4.09. The van der Waals surface area contributed by atoms with E-state index < -0.39 is 5.82 Å².